The summed E-state index contributed by atoms with van der Waals surface area (Å²) in [6.07, 6.45) is 5.78. The molecule has 3 nitrogen and oxygen atoms in total. The average Bonchev–Trinajstić information content (AvgIpc) is 2.93. The Balaban J connectivity index is 2.07. The van der Waals surface area contributed by atoms with Crippen LogP contribution < -0.4 is 5.73 Å². The summed E-state index contributed by atoms with van der Waals surface area (Å²) in [6, 6.07) is 6.34. The minimum absolute atomic E-state index is 0.464. The first kappa shape index (κ1) is 12.2. The molecule has 96 valence electrons. The lowest BCUT2D eigenvalue weighted by Gasteiger charge is -2.15. The van der Waals surface area contributed by atoms with E-state index in [2.05, 4.69) is 21.9 Å². The molecule has 1 saturated carbocycles. The van der Waals surface area contributed by atoms with E-state index in [0.29, 0.717) is 17.0 Å². The van der Waals surface area contributed by atoms with E-state index in [1.807, 2.05) is 23.9 Å². The third-order valence-electron chi connectivity index (χ3n) is 3.75. The van der Waals surface area contributed by atoms with Gasteiger partial charge in [-0.2, -0.15) is 11.8 Å². The zero-order valence-electron chi connectivity index (χ0n) is 10.3. The van der Waals surface area contributed by atoms with Gasteiger partial charge in [-0.1, -0.05) is 17.7 Å². The Morgan fingerprint density at radius 2 is 2.28 bits per heavy atom. The Bertz CT molecular complexity index is 581. The maximum atomic E-state index is 6.17. The lowest BCUT2D eigenvalue weighted by atomic mass is 10.2. The van der Waals surface area contributed by atoms with Gasteiger partial charge in [-0.25, -0.2) is 4.98 Å². The first-order chi connectivity index (χ1) is 8.70. The second-order valence-corrected chi connectivity index (χ2v) is 6.32. The van der Waals surface area contributed by atoms with Crippen LogP contribution in [0.1, 0.15) is 25.3 Å². The first-order valence-corrected chi connectivity index (χ1v) is 7.82. The summed E-state index contributed by atoms with van der Waals surface area (Å²) < 4.78 is 2.16. The molecule has 2 N–H and O–H groups in total. The predicted molar refractivity (Wildman–Crippen MR) is 79.3 cm³/mol. The minimum atomic E-state index is 0.464. The molecule has 1 aromatic carbocycles. The molecule has 0 radical (unpaired) electrons. The molecule has 0 spiro atoms. The molecule has 3 rings (SSSR count). The topological polar surface area (TPSA) is 43.8 Å². The van der Waals surface area contributed by atoms with Crippen molar-refractivity contribution >= 4 is 40.3 Å². The highest BCUT2D eigenvalue weighted by atomic mass is 35.5. The number of hydrogen-bond donors (Lipinski definition) is 1. The Morgan fingerprint density at radius 3 is 3.00 bits per heavy atom. The van der Waals surface area contributed by atoms with Crippen molar-refractivity contribution in [1.82, 2.24) is 9.55 Å². The van der Waals surface area contributed by atoms with Crippen LogP contribution >= 0.6 is 23.4 Å². The highest BCUT2D eigenvalue weighted by Gasteiger charge is 2.28. The number of nitrogens with zero attached hydrogens (tertiary/aromatic N) is 2. The van der Waals surface area contributed by atoms with Crippen molar-refractivity contribution in [1.29, 1.82) is 0 Å². The summed E-state index contributed by atoms with van der Waals surface area (Å²) in [5.41, 5.74) is 7.96. The van der Waals surface area contributed by atoms with Gasteiger partial charge in [0.05, 0.1) is 10.5 Å². The zero-order chi connectivity index (χ0) is 12.7. The van der Waals surface area contributed by atoms with Crippen molar-refractivity contribution < 1.29 is 0 Å². The molecular formula is C13H16ClN3S. The molecular weight excluding hydrogens is 266 g/mol. The van der Waals surface area contributed by atoms with Gasteiger partial charge in [0.1, 0.15) is 5.52 Å². The number of benzene rings is 1. The van der Waals surface area contributed by atoms with Crippen molar-refractivity contribution in [2.75, 3.05) is 12.0 Å². The standard InChI is InChI=1S/C13H16ClN3S/c1-18-9-6-5-8(7-9)17-11-4-2-3-10(14)12(11)16-13(17)15/h2-4,8-9H,5-7H2,1H3,(H2,15,16). The molecule has 2 unspecified atom stereocenters. The van der Waals surface area contributed by atoms with Crippen LogP contribution in [0.2, 0.25) is 5.02 Å². The van der Waals surface area contributed by atoms with Crippen molar-refractivity contribution in [3.63, 3.8) is 0 Å². The molecule has 0 aliphatic heterocycles. The lowest BCUT2D eigenvalue weighted by Crippen LogP contribution is -2.09. The Kier molecular flexibility index (Phi) is 3.16. The van der Waals surface area contributed by atoms with Crippen molar-refractivity contribution in [2.45, 2.75) is 30.6 Å². The molecule has 2 atom stereocenters. The highest BCUT2D eigenvalue weighted by molar-refractivity contribution is 7.99. The van der Waals surface area contributed by atoms with Crippen molar-refractivity contribution in [3.05, 3.63) is 23.2 Å². The summed E-state index contributed by atoms with van der Waals surface area (Å²) in [5.74, 6) is 0.588. The number of aromatic nitrogens is 2. The highest BCUT2D eigenvalue weighted by Crippen LogP contribution is 2.39. The molecule has 1 aromatic heterocycles. The van der Waals surface area contributed by atoms with E-state index < -0.39 is 0 Å². The van der Waals surface area contributed by atoms with E-state index in [4.69, 9.17) is 17.3 Å². The fraction of sp³-hybridized carbons (Fsp3) is 0.462. The first-order valence-electron chi connectivity index (χ1n) is 6.15. The van der Waals surface area contributed by atoms with Gasteiger partial charge in [-0.05, 0) is 37.7 Å². The number of fused-ring (bicyclic) bond motifs is 1. The van der Waals surface area contributed by atoms with E-state index >= 15 is 0 Å². The monoisotopic (exact) mass is 281 g/mol. The maximum Gasteiger partial charge on any atom is 0.201 e. The minimum Gasteiger partial charge on any atom is -0.369 e. The second kappa shape index (κ2) is 4.67. The Labute approximate surface area is 116 Å². The molecule has 18 heavy (non-hydrogen) atoms. The predicted octanol–water partition coefficient (Wildman–Crippen LogP) is 3.73. The fourth-order valence-corrected chi connectivity index (χ4v) is 3.85. The summed E-state index contributed by atoms with van der Waals surface area (Å²) in [4.78, 5) is 4.41. The number of imidazole rings is 1. The number of anilines is 1. The van der Waals surface area contributed by atoms with E-state index in [9.17, 15) is 0 Å². The smallest absolute Gasteiger partial charge is 0.201 e. The summed E-state index contributed by atoms with van der Waals surface area (Å²) in [6.45, 7) is 0. The largest absolute Gasteiger partial charge is 0.369 e. The number of halogens is 1. The van der Waals surface area contributed by atoms with Gasteiger partial charge in [0.15, 0.2) is 0 Å². The third-order valence-corrected chi connectivity index (χ3v) is 5.15. The van der Waals surface area contributed by atoms with Crippen LogP contribution in [0, 0.1) is 0 Å². The van der Waals surface area contributed by atoms with E-state index in [1.165, 1.54) is 19.3 Å². The van der Waals surface area contributed by atoms with E-state index in [1.54, 1.807) is 0 Å². The van der Waals surface area contributed by atoms with Crippen molar-refractivity contribution in [2.24, 2.45) is 0 Å². The van der Waals surface area contributed by atoms with E-state index in [-0.39, 0.29) is 0 Å². The van der Waals surface area contributed by atoms with Crippen molar-refractivity contribution in [3.8, 4) is 0 Å². The number of thioether (sulfide) groups is 1. The van der Waals surface area contributed by atoms with Crippen LogP contribution in [0.25, 0.3) is 11.0 Å². The Hall–Kier alpha value is -0.870. The van der Waals surface area contributed by atoms with Gasteiger partial charge in [0.25, 0.3) is 0 Å². The molecule has 1 heterocycles. The number of nitrogens with two attached hydrogens (primary N) is 1. The van der Waals surface area contributed by atoms with Crippen LogP contribution in [-0.2, 0) is 0 Å². The van der Waals surface area contributed by atoms with Gasteiger partial charge in [0.2, 0.25) is 5.95 Å². The van der Waals surface area contributed by atoms with Gasteiger partial charge >= 0.3 is 0 Å². The molecule has 1 aliphatic rings. The molecule has 0 amide bonds. The molecule has 2 aromatic rings. The van der Waals surface area contributed by atoms with Gasteiger partial charge < -0.3 is 10.3 Å². The number of hydrogen-bond acceptors (Lipinski definition) is 3. The summed E-state index contributed by atoms with van der Waals surface area (Å²) >= 11 is 8.12. The van der Waals surface area contributed by atoms with Crippen LogP contribution in [-0.4, -0.2) is 21.1 Å². The SMILES string of the molecule is CSC1CCC(n2c(N)nc3c(Cl)cccc32)C1. The molecule has 5 heteroatoms. The fourth-order valence-electron chi connectivity index (χ4n) is 2.85. The van der Waals surface area contributed by atoms with Crippen LogP contribution in [0.15, 0.2) is 18.2 Å². The number of para-hydroxylation sites is 1. The van der Waals surface area contributed by atoms with Gasteiger partial charge in [-0.15, -0.1) is 0 Å². The zero-order valence-corrected chi connectivity index (χ0v) is 11.8. The van der Waals surface area contributed by atoms with Gasteiger partial charge in [0, 0.05) is 11.3 Å². The molecule has 1 fully saturated rings. The average molecular weight is 282 g/mol. The Morgan fingerprint density at radius 1 is 1.44 bits per heavy atom. The molecule has 0 bridgehead atoms. The maximum absolute atomic E-state index is 6.17. The van der Waals surface area contributed by atoms with Crippen LogP contribution in [0.3, 0.4) is 0 Å². The third kappa shape index (κ3) is 1.88. The van der Waals surface area contributed by atoms with Crippen LogP contribution in [0.5, 0.6) is 0 Å². The summed E-state index contributed by atoms with van der Waals surface area (Å²) in [7, 11) is 0. The number of rotatable bonds is 2. The quantitative estimate of drug-likeness (QED) is 0.912. The normalized spacial score (nSPS) is 23.9. The van der Waals surface area contributed by atoms with Crippen LogP contribution in [0.4, 0.5) is 5.95 Å². The lowest BCUT2D eigenvalue weighted by molar-refractivity contribution is 0.540. The number of nitrogen functional groups attached to an aromatic ring is 1. The van der Waals surface area contributed by atoms with E-state index in [0.717, 1.165) is 16.3 Å². The molecule has 0 saturated heterocycles. The summed E-state index contributed by atoms with van der Waals surface area (Å²) in [5, 5.41) is 1.42. The second-order valence-electron chi connectivity index (χ2n) is 4.77. The molecule has 1 aliphatic carbocycles. The van der Waals surface area contributed by atoms with Gasteiger partial charge in [-0.3, -0.25) is 0 Å².